The number of sulfonamides is 1. The molecule has 1 unspecified atom stereocenters. The van der Waals surface area contributed by atoms with Gasteiger partial charge in [0.15, 0.2) is 0 Å². The molecule has 0 radical (unpaired) electrons. The third kappa shape index (κ3) is 4.93. The van der Waals surface area contributed by atoms with Gasteiger partial charge >= 0.3 is 0 Å². The summed E-state index contributed by atoms with van der Waals surface area (Å²) in [6, 6.07) is 12.7. The third-order valence-electron chi connectivity index (χ3n) is 4.02. The zero-order valence-corrected chi connectivity index (χ0v) is 14.8. The molecule has 1 fully saturated rings. The Morgan fingerprint density at radius 2 is 1.84 bits per heavy atom. The lowest BCUT2D eigenvalue weighted by atomic mass is 10.2. The van der Waals surface area contributed by atoms with E-state index in [1.165, 1.54) is 24.3 Å². The van der Waals surface area contributed by atoms with Crippen molar-refractivity contribution in [3.8, 4) is 0 Å². The third-order valence-corrected chi connectivity index (χ3v) is 5.28. The molecule has 2 aromatic carbocycles. The maximum Gasteiger partial charge on any atom is 0.236 e. The molecular formula is C18H21FN2O3S. The second-order valence-corrected chi connectivity index (χ2v) is 7.88. The van der Waals surface area contributed by atoms with E-state index >= 15 is 0 Å². The van der Waals surface area contributed by atoms with Gasteiger partial charge in [-0.05, 0) is 48.9 Å². The lowest BCUT2D eigenvalue weighted by Crippen LogP contribution is -2.41. The molecule has 0 aliphatic carbocycles. The highest BCUT2D eigenvalue weighted by atomic mass is 32.2. The number of nitrogens with one attached hydrogen (secondary N) is 1. The first kappa shape index (κ1) is 17.7. The summed E-state index contributed by atoms with van der Waals surface area (Å²) in [5.74, 6) is -0.585. The number of halogens is 1. The molecule has 1 heterocycles. The number of anilines is 2. The molecule has 1 atom stereocenters. The fourth-order valence-corrected chi connectivity index (χ4v) is 4.01. The summed E-state index contributed by atoms with van der Waals surface area (Å²) in [5, 5.41) is 0. The molecule has 5 nitrogen and oxygen atoms in total. The lowest BCUT2D eigenvalue weighted by molar-refractivity contribution is 0.0532. The van der Waals surface area contributed by atoms with Crippen LogP contribution >= 0.6 is 0 Å². The van der Waals surface area contributed by atoms with Crippen LogP contribution in [0.15, 0.2) is 48.5 Å². The number of hydrogen-bond donors (Lipinski definition) is 1. The zero-order valence-electron chi connectivity index (χ0n) is 14.0. The second-order valence-electron chi connectivity index (χ2n) is 6.16. The summed E-state index contributed by atoms with van der Waals surface area (Å²) in [5.41, 5.74) is 2.08. The summed E-state index contributed by atoms with van der Waals surface area (Å²) in [6.45, 7) is 4.35. The van der Waals surface area contributed by atoms with Crippen LogP contribution in [0.25, 0.3) is 0 Å². The normalized spacial score (nSPS) is 18.2. The van der Waals surface area contributed by atoms with Crippen molar-refractivity contribution in [1.82, 2.24) is 0 Å². The summed E-state index contributed by atoms with van der Waals surface area (Å²) in [7, 11) is -3.55. The van der Waals surface area contributed by atoms with E-state index in [0.29, 0.717) is 17.9 Å². The van der Waals surface area contributed by atoms with Crippen molar-refractivity contribution in [2.24, 2.45) is 0 Å². The molecule has 7 heteroatoms. The van der Waals surface area contributed by atoms with E-state index < -0.39 is 10.0 Å². The molecule has 0 aromatic heterocycles. The molecule has 0 spiro atoms. The molecule has 1 aliphatic rings. The predicted octanol–water partition coefficient (Wildman–Crippen LogP) is 2.99. The lowest BCUT2D eigenvalue weighted by Gasteiger charge is -2.33. The number of morpholine rings is 1. The average Bonchev–Trinajstić information content (AvgIpc) is 2.57. The van der Waals surface area contributed by atoms with Crippen molar-refractivity contribution in [2.45, 2.75) is 18.8 Å². The molecule has 0 saturated carbocycles. The fourth-order valence-electron chi connectivity index (χ4n) is 2.81. The second kappa shape index (κ2) is 7.41. The molecule has 0 bridgehead atoms. The van der Waals surface area contributed by atoms with Crippen LogP contribution in [0.1, 0.15) is 12.5 Å². The van der Waals surface area contributed by atoms with Crippen LogP contribution in [0.3, 0.4) is 0 Å². The van der Waals surface area contributed by atoms with Crippen LogP contribution in [0.4, 0.5) is 15.8 Å². The molecule has 0 amide bonds. The predicted molar refractivity (Wildman–Crippen MR) is 96.7 cm³/mol. The zero-order chi connectivity index (χ0) is 17.9. The summed E-state index contributed by atoms with van der Waals surface area (Å²) in [6.07, 6.45) is 0.183. The van der Waals surface area contributed by atoms with Crippen LogP contribution < -0.4 is 9.62 Å². The standard InChI is InChI=1S/C18H21FN2O3S/c1-14-12-21(10-11-24-14)18-8-6-17(7-9-18)20-25(22,23)13-15-2-4-16(19)5-3-15/h2-9,14,20H,10-13H2,1H3. The maximum atomic E-state index is 12.9. The monoisotopic (exact) mass is 364 g/mol. The van der Waals surface area contributed by atoms with Crippen molar-refractivity contribution in [2.75, 3.05) is 29.3 Å². The highest BCUT2D eigenvalue weighted by molar-refractivity contribution is 7.91. The highest BCUT2D eigenvalue weighted by Crippen LogP contribution is 2.21. The van der Waals surface area contributed by atoms with Crippen LogP contribution in [0.5, 0.6) is 0 Å². The smallest absolute Gasteiger partial charge is 0.236 e. The van der Waals surface area contributed by atoms with Crippen molar-refractivity contribution in [1.29, 1.82) is 0 Å². The maximum absolute atomic E-state index is 12.9. The Hall–Kier alpha value is -2.12. The fraction of sp³-hybridized carbons (Fsp3) is 0.333. The molecule has 1 N–H and O–H groups in total. The first-order valence-electron chi connectivity index (χ1n) is 8.13. The summed E-state index contributed by atoms with van der Waals surface area (Å²) in [4.78, 5) is 2.21. The van der Waals surface area contributed by atoms with Gasteiger partial charge < -0.3 is 9.64 Å². The highest BCUT2D eigenvalue weighted by Gasteiger charge is 2.17. The SMILES string of the molecule is CC1CN(c2ccc(NS(=O)(=O)Cc3ccc(F)cc3)cc2)CCO1. The number of rotatable bonds is 5. The Labute approximate surface area is 147 Å². The minimum atomic E-state index is -3.55. The van der Waals surface area contributed by atoms with Crippen LogP contribution in [0, 0.1) is 5.82 Å². The average molecular weight is 364 g/mol. The topological polar surface area (TPSA) is 58.6 Å². The Balaban J connectivity index is 1.64. The van der Waals surface area contributed by atoms with E-state index in [-0.39, 0.29) is 17.7 Å². The number of nitrogens with zero attached hydrogens (tertiary/aromatic N) is 1. The van der Waals surface area contributed by atoms with Gasteiger partial charge in [0.25, 0.3) is 0 Å². The molecule has 25 heavy (non-hydrogen) atoms. The van der Waals surface area contributed by atoms with Crippen LogP contribution in [0.2, 0.25) is 0 Å². The Morgan fingerprint density at radius 3 is 2.48 bits per heavy atom. The molecule has 134 valence electrons. The van der Waals surface area contributed by atoms with Crippen molar-refractivity contribution in [3.05, 3.63) is 59.9 Å². The Bertz CT molecular complexity index is 807. The van der Waals surface area contributed by atoms with Gasteiger partial charge in [0.05, 0.1) is 18.5 Å². The van der Waals surface area contributed by atoms with Crippen LogP contribution in [-0.4, -0.2) is 34.2 Å². The van der Waals surface area contributed by atoms with Gasteiger partial charge in [-0.1, -0.05) is 12.1 Å². The van der Waals surface area contributed by atoms with E-state index in [0.717, 1.165) is 18.8 Å². The van der Waals surface area contributed by atoms with E-state index in [2.05, 4.69) is 9.62 Å². The largest absolute Gasteiger partial charge is 0.375 e. The molecule has 2 aromatic rings. The van der Waals surface area contributed by atoms with Crippen molar-refractivity contribution in [3.63, 3.8) is 0 Å². The van der Waals surface area contributed by atoms with Gasteiger partial charge in [-0.15, -0.1) is 0 Å². The van der Waals surface area contributed by atoms with E-state index in [1.807, 2.05) is 19.1 Å². The van der Waals surface area contributed by atoms with E-state index in [1.54, 1.807) is 12.1 Å². The number of hydrogen-bond acceptors (Lipinski definition) is 4. The minimum absolute atomic E-state index is 0.183. The van der Waals surface area contributed by atoms with Gasteiger partial charge in [-0.25, -0.2) is 12.8 Å². The van der Waals surface area contributed by atoms with Crippen LogP contribution in [-0.2, 0) is 20.5 Å². The van der Waals surface area contributed by atoms with Gasteiger partial charge in [-0.2, -0.15) is 0 Å². The molecule has 3 rings (SSSR count). The Kier molecular flexibility index (Phi) is 5.24. The number of benzene rings is 2. The Morgan fingerprint density at radius 1 is 1.16 bits per heavy atom. The number of ether oxygens (including phenoxy) is 1. The van der Waals surface area contributed by atoms with Gasteiger partial charge in [0.2, 0.25) is 10.0 Å². The van der Waals surface area contributed by atoms with Gasteiger partial charge in [0, 0.05) is 24.5 Å². The molecule has 1 saturated heterocycles. The summed E-state index contributed by atoms with van der Waals surface area (Å²) >= 11 is 0. The first-order chi connectivity index (χ1) is 11.9. The first-order valence-corrected chi connectivity index (χ1v) is 9.78. The van der Waals surface area contributed by atoms with E-state index in [9.17, 15) is 12.8 Å². The quantitative estimate of drug-likeness (QED) is 0.886. The van der Waals surface area contributed by atoms with E-state index in [4.69, 9.17) is 4.74 Å². The molecular weight excluding hydrogens is 343 g/mol. The van der Waals surface area contributed by atoms with Crippen molar-refractivity contribution >= 4 is 21.4 Å². The van der Waals surface area contributed by atoms with Crippen molar-refractivity contribution < 1.29 is 17.5 Å². The molecule has 1 aliphatic heterocycles. The summed E-state index contributed by atoms with van der Waals surface area (Å²) < 4.78 is 45.5. The van der Waals surface area contributed by atoms with Gasteiger partial charge in [-0.3, -0.25) is 4.72 Å². The van der Waals surface area contributed by atoms with Gasteiger partial charge in [0.1, 0.15) is 5.82 Å². The minimum Gasteiger partial charge on any atom is -0.375 e.